The van der Waals surface area contributed by atoms with E-state index >= 15 is 0 Å². The van der Waals surface area contributed by atoms with Crippen LogP contribution in [-0.2, 0) is 16.6 Å². The number of hydrogen-bond donors (Lipinski definition) is 1. The topological polar surface area (TPSA) is 70.8 Å². The summed E-state index contributed by atoms with van der Waals surface area (Å²) in [4.78, 5) is 18.0. The van der Waals surface area contributed by atoms with Crippen molar-refractivity contribution in [3.63, 3.8) is 0 Å². The highest BCUT2D eigenvalue weighted by Gasteiger charge is 2.40. The maximum Gasteiger partial charge on any atom is 0.226 e. The maximum absolute atomic E-state index is 13.4. The Bertz CT molecular complexity index is 650. The van der Waals surface area contributed by atoms with Crippen molar-refractivity contribution in [3.8, 4) is 0 Å². The van der Waals surface area contributed by atoms with Gasteiger partial charge in [-0.3, -0.25) is 9.48 Å². The molecular weight excluding hydrogens is 356 g/mol. The molecule has 2 saturated heterocycles. The monoisotopic (exact) mass is 390 g/mol. The van der Waals surface area contributed by atoms with E-state index in [4.69, 9.17) is 4.74 Å². The van der Waals surface area contributed by atoms with Crippen molar-refractivity contribution in [2.75, 3.05) is 32.8 Å². The van der Waals surface area contributed by atoms with Gasteiger partial charge in [-0.2, -0.15) is 5.10 Å². The fourth-order valence-electron chi connectivity index (χ4n) is 5.07. The van der Waals surface area contributed by atoms with Crippen LogP contribution in [0, 0.1) is 5.92 Å². The predicted octanol–water partition coefficient (Wildman–Crippen LogP) is 1.73. The lowest BCUT2D eigenvalue weighted by molar-refractivity contribution is -0.154. The summed E-state index contributed by atoms with van der Waals surface area (Å²) in [6, 6.07) is -0.0799. The average Bonchev–Trinajstić information content (AvgIpc) is 3.14. The minimum Gasteiger partial charge on any atom is -0.393 e. The minimum atomic E-state index is -0.241. The molecule has 28 heavy (non-hydrogen) atoms. The lowest BCUT2D eigenvalue weighted by Gasteiger charge is -2.44. The SMILES string of the molecule is Cn1cc([C@H]2[C@H](CN3CCCCC3)OCCN2C(=O)C2CCC(O)CC2)cn1. The molecule has 156 valence electrons. The molecular formula is C21H34N4O3. The first-order chi connectivity index (χ1) is 13.6. The zero-order valence-electron chi connectivity index (χ0n) is 17.0. The molecule has 7 nitrogen and oxygen atoms in total. The number of aliphatic hydroxyl groups is 1. The van der Waals surface area contributed by atoms with Crippen LogP contribution in [-0.4, -0.2) is 75.6 Å². The normalized spacial score (nSPS) is 32.4. The van der Waals surface area contributed by atoms with Gasteiger partial charge in [-0.1, -0.05) is 6.42 Å². The largest absolute Gasteiger partial charge is 0.393 e. The van der Waals surface area contributed by atoms with Crippen LogP contribution in [0.25, 0.3) is 0 Å². The van der Waals surface area contributed by atoms with Gasteiger partial charge in [-0.15, -0.1) is 0 Å². The minimum absolute atomic E-state index is 0.0193. The number of hydrogen-bond acceptors (Lipinski definition) is 5. The molecule has 0 aromatic carbocycles. The number of morpholine rings is 1. The number of amides is 1. The summed E-state index contributed by atoms with van der Waals surface area (Å²) in [6.45, 7) is 4.33. The number of likely N-dealkylation sites (tertiary alicyclic amines) is 1. The Labute approximate surface area is 167 Å². The molecule has 1 amide bonds. The Hall–Kier alpha value is -1.44. The van der Waals surface area contributed by atoms with Crippen LogP contribution in [0.15, 0.2) is 12.4 Å². The van der Waals surface area contributed by atoms with Gasteiger partial charge in [0.2, 0.25) is 5.91 Å². The highest BCUT2D eigenvalue weighted by atomic mass is 16.5. The van der Waals surface area contributed by atoms with Gasteiger partial charge in [-0.05, 0) is 51.6 Å². The number of aryl methyl sites for hydroxylation is 1. The molecule has 1 aliphatic carbocycles. The third kappa shape index (κ3) is 4.42. The molecule has 0 bridgehead atoms. The number of nitrogens with zero attached hydrogens (tertiary/aromatic N) is 4. The summed E-state index contributed by atoms with van der Waals surface area (Å²) < 4.78 is 8.04. The van der Waals surface area contributed by atoms with Gasteiger partial charge in [-0.25, -0.2) is 0 Å². The van der Waals surface area contributed by atoms with Crippen molar-refractivity contribution in [1.29, 1.82) is 0 Å². The van der Waals surface area contributed by atoms with Gasteiger partial charge < -0.3 is 19.6 Å². The molecule has 0 radical (unpaired) electrons. The summed E-state index contributed by atoms with van der Waals surface area (Å²) >= 11 is 0. The maximum atomic E-state index is 13.4. The Kier molecular flexibility index (Phi) is 6.33. The Morgan fingerprint density at radius 1 is 1.18 bits per heavy atom. The van der Waals surface area contributed by atoms with E-state index in [9.17, 15) is 9.90 Å². The van der Waals surface area contributed by atoms with Gasteiger partial charge in [0.05, 0.1) is 31.1 Å². The lowest BCUT2D eigenvalue weighted by atomic mass is 9.85. The Balaban J connectivity index is 1.53. The van der Waals surface area contributed by atoms with E-state index in [0.717, 1.165) is 50.9 Å². The summed E-state index contributed by atoms with van der Waals surface area (Å²) in [5, 5.41) is 14.2. The number of carbonyl (C=O) groups is 1. The van der Waals surface area contributed by atoms with Crippen LogP contribution in [0.2, 0.25) is 0 Å². The molecule has 0 unspecified atom stereocenters. The fourth-order valence-corrected chi connectivity index (χ4v) is 5.07. The second-order valence-corrected chi connectivity index (χ2v) is 8.70. The predicted molar refractivity (Wildman–Crippen MR) is 106 cm³/mol. The van der Waals surface area contributed by atoms with Gasteiger partial charge in [0.25, 0.3) is 0 Å². The first kappa shape index (κ1) is 19.9. The number of rotatable bonds is 4. The van der Waals surface area contributed by atoms with E-state index < -0.39 is 0 Å². The van der Waals surface area contributed by atoms with E-state index in [1.54, 1.807) is 0 Å². The molecule has 4 rings (SSSR count). The van der Waals surface area contributed by atoms with E-state index in [1.165, 1.54) is 19.3 Å². The zero-order chi connectivity index (χ0) is 19.5. The summed E-state index contributed by atoms with van der Waals surface area (Å²) in [5.41, 5.74) is 1.06. The number of piperidine rings is 1. The van der Waals surface area contributed by atoms with Gasteiger partial charge in [0.15, 0.2) is 0 Å². The number of ether oxygens (including phenoxy) is 1. The van der Waals surface area contributed by atoms with Crippen LogP contribution >= 0.6 is 0 Å². The smallest absolute Gasteiger partial charge is 0.226 e. The first-order valence-electron chi connectivity index (χ1n) is 10.9. The van der Waals surface area contributed by atoms with Crippen LogP contribution < -0.4 is 0 Å². The molecule has 3 aliphatic rings. The lowest BCUT2D eigenvalue weighted by Crippen LogP contribution is -2.53. The highest BCUT2D eigenvalue weighted by molar-refractivity contribution is 5.79. The number of aromatic nitrogens is 2. The molecule has 1 aromatic heterocycles. The average molecular weight is 391 g/mol. The summed E-state index contributed by atoms with van der Waals surface area (Å²) in [6.07, 6.45) is 10.5. The van der Waals surface area contributed by atoms with Crippen molar-refractivity contribution in [2.24, 2.45) is 13.0 Å². The van der Waals surface area contributed by atoms with Crippen molar-refractivity contribution in [3.05, 3.63) is 18.0 Å². The van der Waals surface area contributed by atoms with Crippen LogP contribution in [0.1, 0.15) is 56.6 Å². The van der Waals surface area contributed by atoms with Crippen LogP contribution in [0.5, 0.6) is 0 Å². The molecule has 1 saturated carbocycles. The van der Waals surface area contributed by atoms with Crippen molar-refractivity contribution in [2.45, 2.75) is 63.2 Å². The van der Waals surface area contributed by atoms with Gasteiger partial charge in [0, 0.05) is 37.8 Å². The molecule has 3 fully saturated rings. The zero-order valence-corrected chi connectivity index (χ0v) is 17.0. The molecule has 1 aromatic rings. The summed E-state index contributed by atoms with van der Waals surface area (Å²) in [5.74, 6) is 0.254. The van der Waals surface area contributed by atoms with Crippen LogP contribution in [0.4, 0.5) is 0 Å². The van der Waals surface area contributed by atoms with Crippen LogP contribution in [0.3, 0.4) is 0 Å². The van der Waals surface area contributed by atoms with E-state index in [1.807, 2.05) is 24.1 Å². The van der Waals surface area contributed by atoms with Gasteiger partial charge in [0.1, 0.15) is 0 Å². The van der Waals surface area contributed by atoms with E-state index in [0.29, 0.717) is 13.2 Å². The second-order valence-electron chi connectivity index (χ2n) is 8.70. The molecule has 1 N–H and O–H groups in total. The molecule has 3 heterocycles. The van der Waals surface area contributed by atoms with E-state index in [-0.39, 0.29) is 30.1 Å². The summed E-state index contributed by atoms with van der Waals surface area (Å²) in [7, 11) is 1.92. The Morgan fingerprint density at radius 3 is 2.61 bits per heavy atom. The second kappa shape index (κ2) is 8.93. The third-order valence-corrected chi connectivity index (χ3v) is 6.63. The molecule has 2 aliphatic heterocycles. The van der Waals surface area contributed by atoms with Crippen molar-refractivity contribution in [1.82, 2.24) is 19.6 Å². The number of aliphatic hydroxyl groups excluding tert-OH is 1. The fraction of sp³-hybridized carbons (Fsp3) is 0.810. The van der Waals surface area contributed by atoms with Crippen molar-refractivity contribution < 1.29 is 14.6 Å². The van der Waals surface area contributed by atoms with E-state index in [2.05, 4.69) is 14.9 Å². The first-order valence-corrected chi connectivity index (χ1v) is 10.9. The Morgan fingerprint density at radius 2 is 1.93 bits per heavy atom. The molecule has 0 spiro atoms. The number of carbonyl (C=O) groups excluding carboxylic acids is 1. The third-order valence-electron chi connectivity index (χ3n) is 6.63. The molecule has 2 atom stereocenters. The quantitative estimate of drug-likeness (QED) is 0.848. The molecule has 7 heteroatoms. The van der Waals surface area contributed by atoms with Gasteiger partial charge >= 0.3 is 0 Å². The highest BCUT2D eigenvalue weighted by Crippen LogP contribution is 2.34. The van der Waals surface area contributed by atoms with Crippen molar-refractivity contribution >= 4 is 5.91 Å². The standard InChI is InChI=1S/C21H34N4O3/c1-23-14-17(13-22-23)20-19(15-24-9-3-2-4-10-24)28-12-11-25(20)21(27)16-5-7-18(26)8-6-16/h13-14,16,18-20,26H,2-12,15H2,1H3/t16?,18?,19-,20-/m0/s1.